The van der Waals surface area contributed by atoms with Crippen LogP contribution in [0.3, 0.4) is 0 Å². The van der Waals surface area contributed by atoms with Crippen molar-refractivity contribution in [1.82, 2.24) is 0 Å². The number of hydrogen-bond acceptors (Lipinski definition) is 1. The summed E-state index contributed by atoms with van der Waals surface area (Å²) in [5.41, 5.74) is 1.24. The van der Waals surface area contributed by atoms with Crippen LogP contribution in [0.4, 0.5) is 5.69 Å². The zero-order valence-corrected chi connectivity index (χ0v) is 11.6. The number of rotatable bonds is 7. The van der Waals surface area contributed by atoms with Crippen LogP contribution in [-0.2, 0) is 0 Å². The second-order valence-corrected chi connectivity index (χ2v) is 5.09. The van der Waals surface area contributed by atoms with E-state index in [0.29, 0.717) is 0 Å². The Morgan fingerprint density at radius 2 is 1.67 bits per heavy atom. The smallest absolute Gasteiger partial charge is 0.0340 e. The van der Waals surface area contributed by atoms with Gasteiger partial charge in [-0.2, -0.15) is 0 Å². The number of anilines is 1. The lowest BCUT2D eigenvalue weighted by Crippen LogP contribution is -2.00. The molecule has 15 heavy (non-hydrogen) atoms. The van der Waals surface area contributed by atoms with Crippen LogP contribution in [-0.4, -0.2) is 6.54 Å². The molecule has 1 rings (SSSR count). The Morgan fingerprint density at radius 1 is 1.00 bits per heavy atom. The molecule has 0 amide bonds. The topological polar surface area (TPSA) is 12.0 Å². The van der Waals surface area contributed by atoms with Gasteiger partial charge in [-0.05, 0) is 53.3 Å². The Labute approximate surface area is 107 Å². The van der Waals surface area contributed by atoms with E-state index in [2.05, 4.69) is 59.1 Å². The summed E-state index contributed by atoms with van der Waals surface area (Å²) < 4.78 is 1.29. The first-order valence-electron chi connectivity index (χ1n) is 5.82. The second kappa shape index (κ2) is 7.97. The molecule has 0 heterocycles. The molecule has 0 radical (unpaired) electrons. The van der Waals surface area contributed by atoms with Crippen LogP contribution in [0.5, 0.6) is 0 Å². The molecule has 1 N–H and O–H groups in total. The molecule has 0 aromatic heterocycles. The van der Waals surface area contributed by atoms with Crippen molar-refractivity contribution in [3.63, 3.8) is 0 Å². The predicted molar refractivity (Wildman–Crippen MR) is 76.4 cm³/mol. The Morgan fingerprint density at radius 3 is 2.33 bits per heavy atom. The highest BCUT2D eigenvalue weighted by atomic mass is 127. The van der Waals surface area contributed by atoms with E-state index in [1.54, 1.807) is 0 Å². The molecule has 0 fully saturated rings. The summed E-state index contributed by atoms with van der Waals surface area (Å²) in [7, 11) is 0. The van der Waals surface area contributed by atoms with Crippen molar-refractivity contribution in [3.8, 4) is 0 Å². The fraction of sp³-hybridized carbons (Fsp3) is 0.538. The number of nitrogens with one attached hydrogen (secondary N) is 1. The van der Waals surface area contributed by atoms with Gasteiger partial charge in [0, 0.05) is 15.8 Å². The summed E-state index contributed by atoms with van der Waals surface area (Å²) in [5.74, 6) is 0. The van der Waals surface area contributed by atoms with Crippen LogP contribution in [0.25, 0.3) is 0 Å². The monoisotopic (exact) mass is 317 g/mol. The third kappa shape index (κ3) is 6.03. The normalized spacial score (nSPS) is 10.3. The highest BCUT2D eigenvalue weighted by Gasteiger charge is 1.92. The van der Waals surface area contributed by atoms with Gasteiger partial charge in [0.05, 0.1) is 0 Å². The van der Waals surface area contributed by atoms with Gasteiger partial charge in [0.1, 0.15) is 0 Å². The number of benzene rings is 1. The maximum Gasteiger partial charge on any atom is 0.0340 e. The summed E-state index contributed by atoms with van der Waals surface area (Å²) in [4.78, 5) is 0. The van der Waals surface area contributed by atoms with Gasteiger partial charge in [-0.15, -0.1) is 0 Å². The van der Waals surface area contributed by atoms with E-state index in [-0.39, 0.29) is 0 Å². The Hall–Kier alpha value is -0.250. The SMILES string of the molecule is CCCCCCCNc1ccc(I)cc1. The molecule has 0 atom stereocenters. The first kappa shape index (κ1) is 12.8. The van der Waals surface area contributed by atoms with Crippen LogP contribution < -0.4 is 5.32 Å². The van der Waals surface area contributed by atoms with Crippen molar-refractivity contribution in [3.05, 3.63) is 27.8 Å². The Bertz CT molecular complexity index is 256. The third-order valence-corrected chi connectivity index (χ3v) is 3.17. The maximum absolute atomic E-state index is 3.45. The fourth-order valence-electron chi connectivity index (χ4n) is 1.53. The van der Waals surface area contributed by atoms with Gasteiger partial charge >= 0.3 is 0 Å². The number of hydrogen-bond donors (Lipinski definition) is 1. The third-order valence-electron chi connectivity index (χ3n) is 2.45. The summed E-state index contributed by atoms with van der Waals surface area (Å²) in [5, 5.41) is 3.45. The van der Waals surface area contributed by atoms with Crippen LogP contribution in [0, 0.1) is 3.57 Å². The first-order valence-corrected chi connectivity index (χ1v) is 6.90. The minimum atomic E-state index is 1.10. The van der Waals surface area contributed by atoms with Gasteiger partial charge < -0.3 is 5.32 Å². The molecule has 0 saturated heterocycles. The molecular formula is C13H20IN. The van der Waals surface area contributed by atoms with Crippen molar-refractivity contribution in [2.24, 2.45) is 0 Å². The number of unbranched alkanes of at least 4 members (excludes halogenated alkanes) is 4. The van der Waals surface area contributed by atoms with E-state index in [0.717, 1.165) is 6.54 Å². The van der Waals surface area contributed by atoms with Gasteiger partial charge in [0.2, 0.25) is 0 Å². The standard InChI is InChI=1S/C13H20IN/c1-2-3-4-5-6-11-15-13-9-7-12(14)8-10-13/h7-10,15H,2-6,11H2,1H3. The molecule has 0 unspecified atom stereocenters. The minimum Gasteiger partial charge on any atom is -0.385 e. The molecule has 2 heteroatoms. The fourth-order valence-corrected chi connectivity index (χ4v) is 1.89. The second-order valence-electron chi connectivity index (χ2n) is 3.85. The zero-order valence-electron chi connectivity index (χ0n) is 9.43. The number of halogens is 1. The van der Waals surface area contributed by atoms with Crippen LogP contribution in [0.2, 0.25) is 0 Å². The molecule has 0 bridgehead atoms. The summed E-state index contributed by atoms with van der Waals surface area (Å²) in [6, 6.07) is 8.57. The van der Waals surface area contributed by atoms with E-state index in [9.17, 15) is 0 Å². The minimum absolute atomic E-state index is 1.10. The van der Waals surface area contributed by atoms with E-state index in [1.807, 2.05) is 0 Å². The molecule has 0 spiro atoms. The summed E-state index contributed by atoms with van der Waals surface area (Å²) >= 11 is 2.33. The molecule has 1 nitrogen and oxygen atoms in total. The maximum atomic E-state index is 3.45. The quantitative estimate of drug-likeness (QED) is 0.569. The molecule has 0 aliphatic rings. The summed E-state index contributed by atoms with van der Waals surface area (Å²) in [6.07, 6.45) is 6.72. The lowest BCUT2D eigenvalue weighted by atomic mass is 10.1. The van der Waals surface area contributed by atoms with Crippen LogP contribution in [0.15, 0.2) is 24.3 Å². The molecule has 1 aromatic rings. The highest BCUT2D eigenvalue weighted by molar-refractivity contribution is 14.1. The van der Waals surface area contributed by atoms with Gasteiger partial charge in [-0.1, -0.05) is 32.6 Å². The predicted octanol–water partition coefficient (Wildman–Crippen LogP) is 4.67. The van der Waals surface area contributed by atoms with Gasteiger partial charge in [-0.3, -0.25) is 0 Å². The Kier molecular flexibility index (Phi) is 6.81. The molecule has 0 aliphatic heterocycles. The first-order chi connectivity index (χ1) is 7.33. The highest BCUT2D eigenvalue weighted by Crippen LogP contribution is 2.11. The van der Waals surface area contributed by atoms with Crippen molar-refractivity contribution in [2.45, 2.75) is 39.0 Å². The molecule has 0 aliphatic carbocycles. The average molecular weight is 317 g/mol. The Balaban J connectivity index is 2.07. The zero-order chi connectivity index (χ0) is 10.9. The van der Waals surface area contributed by atoms with Crippen molar-refractivity contribution in [2.75, 3.05) is 11.9 Å². The lowest BCUT2D eigenvalue weighted by molar-refractivity contribution is 0.645. The van der Waals surface area contributed by atoms with Crippen molar-refractivity contribution < 1.29 is 0 Å². The lowest BCUT2D eigenvalue weighted by Gasteiger charge is -2.05. The van der Waals surface area contributed by atoms with Crippen LogP contribution >= 0.6 is 22.6 Å². The molecule has 0 saturated carbocycles. The van der Waals surface area contributed by atoms with E-state index in [4.69, 9.17) is 0 Å². The van der Waals surface area contributed by atoms with Gasteiger partial charge in [-0.25, -0.2) is 0 Å². The average Bonchev–Trinajstić information content (AvgIpc) is 2.26. The van der Waals surface area contributed by atoms with Crippen LogP contribution in [0.1, 0.15) is 39.0 Å². The van der Waals surface area contributed by atoms with Crippen molar-refractivity contribution in [1.29, 1.82) is 0 Å². The van der Waals surface area contributed by atoms with E-state index in [1.165, 1.54) is 41.4 Å². The van der Waals surface area contributed by atoms with Gasteiger partial charge in [0.25, 0.3) is 0 Å². The molecule has 1 aromatic carbocycles. The molecule has 84 valence electrons. The molecular weight excluding hydrogens is 297 g/mol. The summed E-state index contributed by atoms with van der Waals surface area (Å²) in [6.45, 7) is 3.36. The van der Waals surface area contributed by atoms with E-state index < -0.39 is 0 Å². The van der Waals surface area contributed by atoms with Gasteiger partial charge in [0.15, 0.2) is 0 Å². The van der Waals surface area contributed by atoms with Crippen molar-refractivity contribution >= 4 is 28.3 Å². The largest absolute Gasteiger partial charge is 0.385 e. The van der Waals surface area contributed by atoms with E-state index >= 15 is 0 Å².